The SMILES string of the molecule is c1ccc(-c2cc(-c3cc(-c4ccccc4-c4ccc5c(c4)sc4ccccc45)nc(-c4ccccc4)n3)cc(-c3cccc4c3sc3ccccc34)c2)cc1. The summed E-state index contributed by atoms with van der Waals surface area (Å²) < 4.78 is 5.18. The van der Waals surface area contributed by atoms with E-state index in [1.165, 1.54) is 57.0 Å². The number of rotatable bonds is 6. The summed E-state index contributed by atoms with van der Waals surface area (Å²) in [5, 5.41) is 5.19. The van der Waals surface area contributed by atoms with Gasteiger partial charge in [0.2, 0.25) is 0 Å². The predicted octanol–water partition coefficient (Wildman–Crippen LogP) is 15.2. The summed E-state index contributed by atoms with van der Waals surface area (Å²) in [7, 11) is 0. The van der Waals surface area contributed by atoms with Crippen LogP contribution in [0.25, 0.3) is 108 Å². The van der Waals surface area contributed by atoms with Crippen molar-refractivity contribution >= 4 is 63.0 Å². The maximum atomic E-state index is 5.33. The molecule has 3 heterocycles. The fourth-order valence-electron chi connectivity index (χ4n) is 8.00. The Morgan fingerprint density at radius 3 is 1.66 bits per heavy atom. The van der Waals surface area contributed by atoms with Crippen molar-refractivity contribution in [3.8, 4) is 67.3 Å². The number of thiophene rings is 2. The molecular formula is C52H32N2S2. The third-order valence-electron chi connectivity index (χ3n) is 10.7. The number of fused-ring (bicyclic) bond motifs is 6. The van der Waals surface area contributed by atoms with Crippen molar-refractivity contribution < 1.29 is 0 Å². The standard InChI is InChI=1S/C52H32N2S2/c1-3-14-33(15-4-1)36-28-37(40-22-13-23-45-43-21-10-12-25-49(43)56-51(40)45)30-38(29-36)46-32-47(54-52(53-46)34-16-5-2-6-17-34)41-19-8-7-18-39(41)35-26-27-44-42-20-9-11-24-48(42)55-50(44)31-35/h1-32H. The second-order valence-corrected chi connectivity index (χ2v) is 16.3. The van der Waals surface area contributed by atoms with E-state index in [1.807, 2.05) is 28.7 Å². The van der Waals surface area contributed by atoms with Crippen molar-refractivity contribution in [3.63, 3.8) is 0 Å². The number of nitrogens with zero attached hydrogens (tertiary/aromatic N) is 2. The Labute approximate surface area is 332 Å². The minimum Gasteiger partial charge on any atom is -0.228 e. The lowest BCUT2D eigenvalue weighted by Crippen LogP contribution is -1.97. The second kappa shape index (κ2) is 13.5. The molecule has 0 saturated heterocycles. The zero-order valence-corrected chi connectivity index (χ0v) is 31.8. The fourth-order valence-corrected chi connectivity index (χ4v) is 10.4. The van der Waals surface area contributed by atoms with Gasteiger partial charge in [0.05, 0.1) is 11.4 Å². The van der Waals surface area contributed by atoms with Crippen LogP contribution < -0.4 is 0 Å². The lowest BCUT2D eigenvalue weighted by molar-refractivity contribution is 1.18. The number of hydrogen-bond donors (Lipinski definition) is 0. The van der Waals surface area contributed by atoms with Crippen LogP contribution in [-0.4, -0.2) is 9.97 Å². The molecule has 0 N–H and O–H groups in total. The fraction of sp³-hybridized carbons (Fsp3) is 0. The van der Waals surface area contributed by atoms with Gasteiger partial charge in [-0.1, -0.05) is 152 Å². The van der Waals surface area contributed by atoms with Crippen LogP contribution in [0.2, 0.25) is 0 Å². The minimum atomic E-state index is 0.700. The summed E-state index contributed by atoms with van der Waals surface area (Å²) in [5.74, 6) is 0.700. The molecular weight excluding hydrogens is 717 g/mol. The van der Waals surface area contributed by atoms with Gasteiger partial charge < -0.3 is 0 Å². The molecule has 8 aromatic carbocycles. The predicted molar refractivity (Wildman–Crippen MR) is 240 cm³/mol. The molecule has 2 nitrogen and oxygen atoms in total. The number of aromatic nitrogens is 2. The van der Waals surface area contributed by atoms with Crippen LogP contribution in [0.1, 0.15) is 0 Å². The summed E-state index contributed by atoms with van der Waals surface area (Å²) in [4.78, 5) is 10.6. The Morgan fingerprint density at radius 2 is 0.857 bits per heavy atom. The van der Waals surface area contributed by atoms with Crippen LogP contribution in [0.3, 0.4) is 0 Å². The van der Waals surface area contributed by atoms with E-state index in [-0.39, 0.29) is 0 Å². The van der Waals surface area contributed by atoms with Crippen molar-refractivity contribution in [1.29, 1.82) is 0 Å². The van der Waals surface area contributed by atoms with Gasteiger partial charge in [-0.05, 0) is 75.8 Å². The number of hydrogen-bond acceptors (Lipinski definition) is 4. The monoisotopic (exact) mass is 748 g/mol. The molecule has 4 heteroatoms. The zero-order valence-electron chi connectivity index (χ0n) is 30.2. The largest absolute Gasteiger partial charge is 0.228 e. The second-order valence-electron chi connectivity index (χ2n) is 14.1. The molecule has 56 heavy (non-hydrogen) atoms. The lowest BCUT2D eigenvalue weighted by atomic mass is 9.93. The van der Waals surface area contributed by atoms with Gasteiger partial charge in [-0.25, -0.2) is 9.97 Å². The first-order chi connectivity index (χ1) is 27.7. The van der Waals surface area contributed by atoms with Gasteiger partial charge in [0.15, 0.2) is 5.82 Å². The van der Waals surface area contributed by atoms with Crippen LogP contribution in [0, 0.1) is 0 Å². The Balaban J connectivity index is 1.13. The Bertz CT molecular complexity index is 3250. The molecule has 11 rings (SSSR count). The summed E-state index contributed by atoms with van der Waals surface area (Å²) >= 11 is 3.71. The smallest absolute Gasteiger partial charge is 0.160 e. The molecule has 0 fully saturated rings. The molecule has 0 aliphatic rings. The first kappa shape index (κ1) is 32.7. The number of benzene rings is 8. The molecule has 0 aliphatic heterocycles. The molecule has 0 amide bonds. The van der Waals surface area contributed by atoms with Crippen molar-refractivity contribution in [2.75, 3.05) is 0 Å². The Hall–Kier alpha value is -6.72. The summed E-state index contributed by atoms with van der Waals surface area (Å²) in [6.07, 6.45) is 0. The Morgan fingerprint density at radius 1 is 0.286 bits per heavy atom. The topological polar surface area (TPSA) is 25.8 Å². The highest BCUT2D eigenvalue weighted by atomic mass is 32.1. The molecule has 262 valence electrons. The third-order valence-corrected chi connectivity index (χ3v) is 13.1. The van der Waals surface area contributed by atoms with Gasteiger partial charge in [-0.15, -0.1) is 22.7 Å². The van der Waals surface area contributed by atoms with Crippen LogP contribution >= 0.6 is 22.7 Å². The summed E-state index contributed by atoms with van der Waals surface area (Å²) in [6.45, 7) is 0. The maximum absolute atomic E-state index is 5.33. The highest BCUT2D eigenvalue weighted by Crippen LogP contribution is 2.43. The van der Waals surface area contributed by atoms with Gasteiger partial charge >= 0.3 is 0 Å². The summed E-state index contributed by atoms with van der Waals surface area (Å²) in [6, 6.07) is 69.7. The van der Waals surface area contributed by atoms with Gasteiger partial charge in [-0.2, -0.15) is 0 Å². The summed E-state index contributed by atoms with van der Waals surface area (Å²) in [5.41, 5.74) is 11.9. The highest BCUT2D eigenvalue weighted by Gasteiger charge is 2.18. The molecule has 11 aromatic rings. The van der Waals surface area contributed by atoms with E-state index in [0.29, 0.717) is 5.82 Å². The molecule has 0 saturated carbocycles. The van der Waals surface area contributed by atoms with E-state index in [9.17, 15) is 0 Å². The van der Waals surface area contributed by atoms with Crippen molar-refractivity contribution in [2.45, 2.75) is 0 Å². The molecule has 0 unspecified atom stereocenters. The first-order valence-corrected chi connectivity index (χ1v) is 20.4. The van der Waals surface area contributed by atoms with Gasteiger partial charge in [0.25, 0.3) is 0 Å². The van der Waals surface area contributed by atoms with Gasteiger partial charge in [0, 0.05) is 57.0 Å². The minimum absolute atomic E-state index is 0.700. The van der Waals surface area contributed by atoms with E-state index in [1.54, 1.807) is 0 Å². The van der Waals surface area contributed by atoms with Crippen LogP contribution in [0.15, 0.2) is 194 Å². The highest BCUT2D eigenvalue weighted by molar-refractivity contribution is 7.26. The lowest BCUT2D eigenvalue weighted by Gasteiger charge is -2.15. The quantitative estimate of drug-likeness (QED) is 0.169. The average molecular weight is 749 g/mol. The van der Waals surface area contributed by atoms with E-state index < -0.39 is 0 Å². The van der Waals surface area contributed by atoms with Crippen molar-refractivity contribution in [1.82, 2.24) is 9.97 Å². The molecule has 0 radical (unpaired) electrons. The van der Waals surface area contributed by atoms with Gasteiger partial charge in [0.1, 0.15) is 0 Å². The Kier molecular flexibility index (Phi) is 7.90. The molecule has 3 aromatic heterocycles. The van der Waals surface area contributed by atoms with Crippen LogP contribution in [0.5, 0.6) is 0 Å². The molecule has 0 spiro atoms. The normalized spacial score (nSPS) is 11.6. The van der Waals surface area contributed by atoms with Crippen LogP contribution in [0.4, 0.5) is 0 Å². The third kappa shape index (κ3) is 5.70. The first-order valence-electron chi connectivity index (χ1n) is 18.8. The van der Waals surface area contributed by atoms with Gasteiger partial charge in [-0.3, -0.25) is 0 Å². The molecule has 0 aliphatic carbocycles. The average Bonchev–Trinajstić information content (AvgIpc) is 3.85. The zero-order chi connectivity index (χ0) is 37.0. The molecule has 0 atom stereocenters. The van der Waals surface area contributed by atoms with Crippen molar-refractivity contribution in [3.05, 3.63) is 194 Å². The molecule has 0 bridgehead atoms. The van der Waals surface area contributed by atoms with E-state index in [0.717, 1.165) is 44.8 Å². The van der Waals surface area contributed by atoms with E-state index in [2.05, 4.69) is 188 Å². The van der Waals surface area contributed by atoms with Crippen LogP contribution in [-0.2, 0) is 0 Å². The van der Waals surface area contributed by atoms with E-state index in [4.69, 9.17) is 9.97 Å². The van der Waals surface area contributed by atoms with Crippen molar-refractivity contribution in [2.24, 2.45) is 0 Å². The van der Waals surface area contributed by atoms with E-state index >= 15 is 0 Å². The maximum Gasteiger partial charge on any atom is 0.160 e.